The molecule has 0 aromatic carbocycles. The van der Waals surface area contributed by atoms with Gasteiger partial charge in [-0.1, -0.05) is 20.8 Å². The molecule has 1 heterocycles. The van der Waals surface area contributed by atoms with Crippen LogP contribution in [-0.4, -0.2) is 41.0 Å². The molecule has 0 aliphatic carbocycles. The normalized spacial score (nSPS) is 10.9. The van der Waals surface area contributed by atoms with E-state index in [1.165, 1.54) is 0 Å². The summed E-state index contributed by atoms with van der Waals surface area (Å²) in [4.78, 5) is 11.0. The second-order valence-electron chi connectivity index (χ2n) is 4.30. The van der Waals surface area contributed by atoms with Gasteiger partial charge in [0.15, 0.2) is 0 Å². The van der Waals surface area contributed by atoms with Crippen LogP contribution in [0, 0.1) is 0 Å². The molecule has 5 nitrogen and oxygen atoms in total. The van der Waals surface area contributed by atoms with E-state index in [9.17, 15) is 0 Å². The lowest BCUT2D eigenvalue weighted by molar-refractivity contribution is 0.316. The van der Waals surface area contributed by atoms with E-state index < -0.39 is 0 Å². The molecule has 0 unspecified atom stereocenters. The van der Waals surface area contributed by atoms with Crippen molar-refractivity contribution in [3.8, 4) is 0 Å². The first-order valence-electron chi connectivity index (χ1n) is 6.79. The number of anilines is 2. The summed E-state index contributed by atoms with van der Waals surface area (Å²) in [5.41, 5.74) is 5.77. The molecule has 0 atom stereocenters. The molecule has 0 saturated carbocycles. The van der Waals surface area contributed by atoms with Crippen LogP contribution in [0.2, 0.25) is 0 Å². The zero-order chi connectivity index (χ0) is 13.4. The maximum atomic E-state index is 5.77. The van der Waals surface area contributed by atoms with Crippen LogP contribution in [0.3, 0.4) is 0 Å². The van der Waals surface area contributed by atoms with Crippen molar-refractivity contribution < 1.29 is 0 Å². The standard InChI is InChI=1S/C13H25N5/c1-4-7-12-16-11(14)10-13(17-12)15-8-9-18(5-2)6-3/h10H,4-9H2,1-3H3,(H3,14,15,16,17). The molecule has 3 N–H and O–H groups in total. The molecule has 0 radical (unpaired) electrons. The number of aryl methyl sites for hydroxylation is 1. The van der Waals surface area contributed by atoms with Crippen LogP contribution < -0.4 is 11.1 Å². The van der Waals surface area contributed by atoms with Crippen molar-refractivity contribution in [3.05, 3.63) is 11.9 Å². The molecule has 0 aliphatic rings. The minimum absolute atomic E-state index is 0.541. The summed E-state index contributed by atoms with van der Waals surface area (Å²) in [6, 6.07) is 1.79. The summed E-state index contributed by atoms with van der Waals surface area (Å²) in [6.07, 6.45) is 1.90. The Balaban J connectivity index is 2.51. The molecule has 0 bridgehead atoms. The van der Waals surface area contributed by atoms with Crippen molar-refractivity contribution in [1.29, 1.82) is 0 Å². The Labute approximate surface area is 110 Å². The summed E-state index contributed by atoms with van der Waals surface area (Å²) in [5, 5.41) is 3.31. The molecule has 102 valence electrons. The molecule has 0 fully saturated rings. The fourth-order valence-corrected chi connectivity index (χ4v) is 1.83. The number of hydrogen-bond acceptors (Lipinski definition) is 5. The van der Waals surface area contributed by atoms with Crippen LogP contribution in [0.1, 0.15) is 33.0 Å². The SMILES string of the molecule is CCCc1nc(N)cc(NCCN(CC)CC)n1. The Morgan fingerprint density at radius 1 is 1.22 bits per heavy atom. The van der Waals surface area contributed by atoms with Crippen molar-refractivity contribution in [3.63, 3.8) is 0 Å². The third-order valence-electron chi connectivity index (χ3n) is 2.89. The maximum Gasteiger partial charge on any atom is 0.133 e. The van der Waals surface area contributed by atoms with Gasteiger partial charge in [-0.25, -0.2) is 9.97 Å². The van der Waals surface area contributed by atoms with Crippen molar-refractivity contribution >= 4 is 11.6 Å². The Hall–Kier alpha value is -1.36. The monoisotopic (exact) mass is 251 g/mol. The number of nitrogens with zero attached hydrogens (tertiary/aromatic N) is 3. The molecule has 1 aromatic heterocycles. The Bertz CT molecular complexity index is 349. The Morgan fingerprint density at radius 2 is 1.94 bits per heavy atom. The van der Waals surface area contributed by atoms with Crippen molar-refractivity contribution in [2.45, 2.75) is 33.6 Å². The predicted octanol–water partition coefficient (Wildman–Crippen LogP) is 1.76. The van der Waals surface area contributed by atoms with Gasteiger partial charge in [0.25, 0.3) is 0 Å². The third kappa shape index (κ3) is 4.87. The van der Waals surface area contributed by atoms with Gasteiger partial charge in [0.2, 0.25) is 0 Å². The predicted molar refractivity (Wildman–Crippen MR) is 76.7 cm³/mol. The highest BCUT2D eigenvalue weighted by Crippen LogP contribution is 2.09. The van der Waals surface area contributed by atoms with Gasteiger partial charge >= 0.3 is 0 Å². The fraction of sp³-hybridized carbons (Fsp3) is 0.692. The second kappa shape index (κ2) is 7.87. The van der Waals surface area contributed by atoms with Crippen LogP contribution in [0.4, 0.5) is 11.6 Å². The summed E-state index contributed by atoms with van der Waals surface area (Å²) >= 11 is 0. The zero-order valence-electron chi connectivity index (χ0n) is 11.7. The van der Waals surface area contributed by atoms with Gasteiger partial charge in [0.1, 0.15) is 17.5 Å². The summed E-state index contributed by atoms with van der Waals surface area (Å²) in [5.74, 6) is 2.19. The van der Waals surface area contributed by atoms with E-state index in [2.05, 4.69) is 41.0 Å². The lowest BCUT2D eigenvalue weighted by Gasteiger charge is -2.18. The fourth-order valence-electron chi connectivity index (χ4n) is 1.83. The molecule has 1 rings (SSSR count). The number of nitrogens with two attached hydrogens (primary N) is 1. The second-order valence-corrected chi connectivity index (χ2v) is 4.30. The average Bonchev–Trinajstić information content (AvgIpc) is 2.34. The number of rotatable bonds is 8. The maximum absolute atomic E-state index is 5.77. The number of likely N-dealkylation sites (N-methyl/N-ethyl adjacent to an activating group) is 1. The highest BCUT2D eigenvalue weighted by atomic mass is 15.1. The van der Waals surface area contributed by atoms with Crippen molar-refractivity contribution in [2.24, 2.45) is 0 Å². The Morgan fingerprint density at radius 3 is 2.56 bits per heavy atom. The molecular formula is C13H25N5. The van der Waals surface area contributed by atoms with Gasteiger partial charge in [-0.3, -0.25) is 0 Å². The first-order valence-corrected chi connectivity index (χ1v) is 6.79. The van der Waals surface area contributed by atoms with Gasteiger partial charge in [0.05, 0.1) is 0 Å². The third-order valence-corrected chi connectivity index (χ3v) is 2.89. The first-order chi connectivity index (χ1) is 8.69. The Kier molecular flexibility index (Phi) is 6.43. The van der Waals surface area contributed by atoms with Crippen LogP contribution in [0.25, 0.3) is 0 Å². The summed E-state index contributed by atoms with van der Waals surface area (Å²) in [7, 11) is 0. The van der Waals surface area contributed by atoms with Gasteiger partial charge in [-0.15, -0.1) is 0 Å². The van der Waals surface area contributed by atoms with E-state index in [1.807, 2.05) is 0 Å². The van der Waals surface area contributed by atoms with E-state index in [4.69, 9.17) is 5.73 Å². The van der Waals surface area contributed by atoms with Crippen LogP contribution in [0.15, 0.2) is 6.07 Å². The van der Waals surface area contributed by atoms with Crippen molar-refractivity contribution in [1.82, 2.24) is 14.9 Å². The highest BCUT2D eigenvalue weighted by Gasteiger charge is 2.03. The zero-order valence-corrected chi connectivity index (χ0v) is 11.7. The minimum Gasteiger partial charge on any atom is -0.384 e. The number of aromatic nitrogens is 2. The molecule has 0 spiro atoms. The molecule has 18 heavy (non-hydrogen) atoms. The van der Waals surface area contributed by atoms with Gasteiger partial charge < -0.3 is 16.0 Å². The summed E-state index contributed by atoms with van der Waals surface area (Å²) in [6.45, 7) is 10.5. The smallest absolute Gasteiger partial charge is 0.133 e. The molecule has 0 amide bonds. The highest BCUT2D eigenvalue weighted by molar-refractivity contribution is 5.44. The number of nitrogen functional groups attached to an aromatic ring is 1. The average molecular weight is 251 g/mol. The van der Waals surface area contributed by atoms with E-state index in [-0.39, 0.29) is 0 Å². The molecule has 1 aromatic rings. The van der Waals surface area contributed by atoms with E-state index in [0.717, 1.165) is 50.7 Å². The molecule has 5 heteroatoms. The van der Waals surface area contributed by atoms with Gasteiger partial charge in [-0.2, -0.15) is 0 Å². The minimum atomic E-state index is 0.541. The molecule has 0 aliphatic heterocycles. The van der Waals surface area contributed by atoms with E-state index >= 15 is 0 Å². The molecular weight excluding hydrogens is 226 g/mol. The first kappa shape index (κ1) is 14.7. The van der Waals surface area contributed by atoms with Gasteiger partial charge in [-0.05, 0) is 19.5 Å². The summed E-state index contributed by atoms with van der Waals surface area (Å²) < 4.78 is 0. The lowest BCUT2D eigenvalue weighted by Crippen LogP contribution is -2.28. The number of nitrogens with one attached hydrogen (secondary N) is 1. The largest absolute Gasteiger partial charge is 0.384 e. The van der Waals surface area contributed by atoms with Gasteiger partial charge in [0, 0.05) is 25.6 Å². The number of hydrogen-bond donors (Lipinski definition) is 2. The van der Waals surface area contributed by atoms with E-state index in [0.29, 0.717) is 5.82 Å². The van der Waals surface area contributed by atoms with Crippen molar-refractivity contribution in [2.75, 3.05) is 37.2 Å². The van der Waals surface area contributed by atoms with Crippen LogP contribution >= 0.6 is 0 Å². The van der Waals surface area contributed by atoms with Crippen LogP contribution in [-0.2, 0) is 6.42 Å². The lowest BCUT2D eigenvalue weighted by atomic mass is 10.3. The van der Waals surface area contributed by atoms with E-state index in [1.54, 1.807) is 6.07 Å². The molecule has 0 saturated heterocycles. The quantitative estimate of drug-likeness (QED) is 0.737. The topological polar surface area (TPSA) is 67.1 Å². The van der Waals surface area contributed by atoms with Crippen LogP contribution in [0.5, 0.6) is 0 Å².